The van der Waals surface area contributed by atoms with Gasteiger partial charge in [-0.15, -0.1) is 0 Å². The third kappa shape index (κ3) is 4.47. The molecule has 1 amide bonds. The Morgan fingerprint density at radius 2 is 1.81 bits per heavy atom. The third-order valence-corrected chi connectivity index (χ3v) is 4.87. The second-order valence-corrected chi connectivity index (χ2v) is 6.88. The van der Waals surface area contributed by atoms with Crippen LogP contribution in [0.25, 0.3) is 6.08 Å². The first-order valence-electron chi connectivity index (χ1n) is 8.78. The first-order chi connectivity index (χ1) is 13.0. The van der Waals surface area contributed by atoms with Crippen LogP contribution in [-0.4, -0.2) is 15.7 Å². The van der Waals surface area contributed by atoms with E-state index < -0.39 is 0 Å². The number of carbonyl (C=O) groups excluding carboxylic acids is 1. The molecule has 0 fully saturated rings. The van der Waals surface area contributed by atoms with Crippen molar-refractivity contribution in [2.45, 2.75) is 27.3 Å². The number of aryl methyl sites for hydroxylation is 2. The van der Waals surface area contributed by atoms with Gasteiger partial charge in [-0.1, -0.05) is 54.1 Å². The van der Waals surface area contributed by atoms with Crippen LogP contribution in [0.15, 0.2) is 54.6 Å². The first-order valence-corrected chi connectivity index (χ1v) is 9.15. The minimum atomic E-state index is -0.212. The molecule has 3 aromatic rings. The first kappa shape index (κ1) is 18.9. The average Bonchev–Trinajstić information content (AvgIpc) is 2.90. The van der Waals surface area contributed by atoms with Gasteiger partial charge in [0.05, 0.1) is 23.6 Å². The molecule has 0 aliphatic heterocycles. The molecular weight excluding hydrogens is 358 g/mol. The lowest BCUT2D eigenvalue weighted by Crippen LogP contribution is -2.10. The predicted molar refractivity (Wildman–Crippen MR) is 111 cm³/mol. The summed E-state index contributed by atoms with van der Waals surface area (Å²) in [6.45, 7) is 6.62. The van der Waals surface area contributed by atoms with E-state index in [2.05, 4.69) is 29.5 Å². The van der Waals surface area contributed by atoms with Crippen LogP contribution in [0.4, 0.5) is 5.69 Å². The number of halogens is 1. The zero-order chi connectivity index (χ0) is 19.4. The lowest BCUT2D eigenvalue weighted by atomic mass is 10.1. The number of benzene rings is 2. The number of carbonyl (C=O) groups is 1. The molecule has 0 saturated heterocycles. The van der Waals surface area contributed by atoms with Crippen LogP contribution in [0, 0.1) is 20.8 Å². The van der Waals surface area contributed by atoms with Gasteiger partial charge in [0.25, 0.3) is 0 Å². The van der Waals surface area contributed by atoms with Gasteiger partial charge in [0.15, 0.2) is 0 Å². The number of rotatable bonds is 5. The quantitative estimate of drug-likeness (QED) is 0.622. The van der Waals surface area contributed by atoms with E-state index in [0.29, 0.717) is 11.6 Å². The molecule has 0 saturated carbocycles. The van der Waals surface area contributed by atoms with Crippen molar-refractivity contribution in [1.82, 2.24) is 9.78 Å². The lowest BCUT2D eigenvalue weighted by Gasteiger charge is -2.08. The molecule has 3 rings (SSSR count). The number of nitrogens with one attached hydrogen (secondary N) is 1. The van der Waals surface area contributed by atoms with Gasteiger partial charge in [-0.25, -0.2) is 0 Å². The zero-order valence-electron chi connectivity index (χ0n) is 15.7. The summed E-state index contributed by atoms with van der Waals surface area (Å²) in [5, 5.41) is 8.14. The molecule has 0 radical (unpaired) electrons. The van der Waals surface area contributed by atoms with Gasteiger partial charge in [-0.05, 0) is 49.6 Å². The van der Waals surface area contributed by atoms with E-state index in [1.54, 1.807) is 12.1 Å². The second-order valence-electron chi connectivity index (χ2n) is 6.47. The maximum Gasteiger partial charge on any atom is 0.248 e. The Morgan fingerprint density at radius 1 is 1.11 bits per heavy atom. The van der Waals surface area contributed by atoms with Gasteiger partial charge < -0.3 is 5.32 Å². The SMILES string of the molecule is Cc1ccccc1Cn1nc(C)c(NC(=O)/C=C/c2ccccc2Cl)c1C. The summed E-state index contributed by atoms with van der Waals surface area (Å²) in [7, 11) is 0. The Hall–Kier alpha value is -2.85. The minimum absolute atomic E-state index is 0.212. The molecule has 4 nitrogen and oxygen atoms in total. The Kier molecular flexibility index (Phi) is 5.77. The highest BCUT2D eigenvalue weighted by molar-refractivity contribution is 6.32. The van der Waals surface area contributed by atoms with Crippen molar-refractivity contribution in [2.24, 2.45) is 0 Å². The van der Waals surface area contributed by atoms with Gasteiger partial charge in [-0.3, -0.25) is 9.48 Å². The number of hydrogen-bond donors (Lipinski definition) is 1. The van der Waals surface area contributed by atoms with Crippen LogP contribution in [0.5, 0.6) is 0 Å². The maximum atomic E-state index is 12.3. The van der Waals surface area contributed by atoms with Crippen LogP contribution in [0.3, 0.4) is 0 Å². The van der Waals surface area contributed by atoms with E-state index in [4.69, 9.17) is 11.6 Å². The van der Waals surface area contributed by atoms with E-state index in [1.165, 1.54) is 17.2 Å². The molecule has 0 bridgehead atoms. The molecule has 1 N–H and O–H groups in total. The summed E-state index contributed by atoms with van der Waals surface area (Å²) in [5.41, 5.74) is 5.70. The molecular formula is C22H22ClN3O. The summed E-state index contributed by atoms with van der Waals surface area (Å²) < 4.78 is 1.92. The summed E-state index contributed by atoms with van der Waals surface area (Å²) in [6, 6.07) is 15.6. The summed E-state index contributed by atoms with van der Waals surface area (Å²) >= 11 is 6.12. The van der Waals surface area contributed by atoms with E-state index in [0.717, 1.165) is 22.6 Å². The molecule has 0 atom stereocenters. The zero-order valence-corrected chi connectivity index (χ0v) is 16.4. The molecule has 1 aromatic heterocycles. The fourth-order valence-electron chi connectivity index (χ4n) is 2.92. The lowest BCUT2D eigenvalue weighted by molar-refractivity contribution is -0.111. The fourth-order valence-corrected chi connectivity index (χ4v) is 3.12. The van der Waals surface area contributed by atoms with E-state index in [1.807, 2.05) is 48.9 Å². The van der Waals surface area contributed by atoms with Crippen LogP contribution in [-0.2, 0) is 11.3 Å². The minimum Gasteiger partial charge on any atom is -0.319 e. The highest BCUT2D eigenvalue weighted by Gasteiger charge is 2.14. The third-order valence-electron chi connectivity index (χ3n) is 4.53. The standard InChI is InChI=1S/C22H22ClN3O/c1-15-8-4-5-10-19(15)14-26-17(3)22(16(2)25-26)24-21(27)13-12-18-9-6-7-11-20(18)23/h4-13H,14H2,1-3H3,(H,24,27)/b13-12+. The number of hydrogen-bond acceptors (Lipinski definition) is 2. The molecule has 0 aliphatic rings. The maximum absolute atomic E-state index is 12.3. The topological polar surface area (TPSA) is 46.9 Å². The van der Waals surface area contributed by atoms with Gasteiger partial charge in [-0.2, -0.15) is 5.10 Å². The van der Waals surface area contributed by atoms with Crippen LogP contribution in [0.2, 0.25) is 5.02 Å². The second kappa shape index (κ2) is 8.23. The molecule has 1 heterocycles. The fraction of sp³-hybridized carbons (Fsp3) is 0.182. The Morgan fingerprint density at radius 3 is 2.56 bits per heavy atom. The van der Waals surface area contributed by atoms with Crippen molar-refractivity contribution in [3.63, 3.8) is 0 Å². The monoisotopic (exact) mass is 379 g/mol. The van der Waals surface area contributed by atoms with E-state index in [-0.39, 0.29) is 5.91 Å². The highest BCUT2D eigenvalue weighted by Crippen LogP contribution is 2.22. The van der Waals surface area contributed by atoms with Crippen LogP contribution >= 0.6 is 11.6 Å². The van der Waals surface area contributed by atoms with E-state index >= 15 is 0 Å². The van der Waals surface area contributed by atoms with Crippen LogP contribution < -0.4 is 5.32 Å². The average molecular weight is 380 g/mol. The van der Waals surface area contributed by atoms with Crippen LogP contribution in [0.1, 0.15) is 28.1 Å². The van der Waals surface area contributed by atoms with Gasteiger partial charge >= 0.3 is 0 Å². The molecule has 138 valence electrons. The Bertz CT molecular complexity index is 1000. The number of aromatic nitrogens is 2. The summed E-state index contributed by atoms with van der Waals surface area (Å²) in [6.07, 6.45) is 3.19. The van der Waals surface area contributed by atoms with Crippen molar-refractivity contribution in [1.29, 1.82) is 0 Å². The van der Waals surface area contributed by atoms with Crippen molar-refractivity contribution in [3.8, 4) is 0 Å². The van der Waals surface area contributed by atoms with Crippen molar-refractivity contribution >= 4 is 29.3 Å². The predicted octanol–water partition coefficient (Wildman–Crippen LogP) is 5.16. The van der Waals surface area contributed by atoms with Gasteiger partial charge in [0.2, 0.25) is 5.91 Å². The number of anilines is 1. The van der Waals surface area contributed by atoms with Crippen molar-refractivity contribution in [3.05, 3.63) is 87.7 Å². The summed E-state index contributed by atoms with van der Waals surface area (Å²) in [5.74, 6) is -0.212. The largest absolute Gasteiger partial charge is 0.319 e. The van der Waals surface area contributed by atoms with Crippen molar-refractivity contribution < 1.29 is 4.79 Å². The van der Waals surface area contributed by atoms with Crippen molar-refractivity contribution in [2.75, 3.05) is 5.32 Å². The summed E-state index contributed by atoms with van der Waals surface area (Å²) in [4.78, 5) is 12.3. The molecule has 5 heteroatoms. The molecule has 2 aromatic carbocycles. The Balaban J connectivity index is 1.76. The smallest absolute Gasteiger partial charge is 0.248 e. The molecule has 0 aliphatic carbocycles. The molecule has 27 heavy (non-hydrogen) atoms. The number of nitrogens with zero attached hydrogens (tertiary/aromatic N) is 2. The Labute approximate surface area is 164 Å². The van der Waals surface area contributed by atoms with Gasteiger partial charge in [0.1, 0.15) is 0 Å². The highest BCUT2D eigenvalue weighted by atomic mass is 35.5. The van der Waals surface area contributed by atoms with E-state index in [9.17, 15) is 4.79 Å². The van der Waals surface area contributed by atoms with Gasteiger partial charge in [0, 0.05) is 11.1 Å². The normalized spacial score (nSPS) is 11.1. The molecule has 0 unspecified atom stereocenters. The number of amides is 1. The molecule has 0 spiro atoms.